The van der Waals surface area contributed by atoms with E-state index >= 15 is 0 Å². The molecule has 2 fully saturated rings. The first-order chi connectivity index (χ1) is 32.0. The molecule has 0 spiro atoms. The lowest BCUT2D eigenvalue weighted by Crippen LogP contribution is -2.61. The summed E-state index contributed by atoms with van der Waals surface area (Å²) in [7, 11) is 0. The van der Waals surface area contributed by atoms with Crippen molar-refractivity contribution in [3.05, 3.63) is 48.6 Å². The van der Waals surface area contributed by atoms with Gasteiger partial charge in [0.2, 0.25) is 0 Å². The zero-order valence-electron chi connectivity index (χ0n) is 40.2. The van der Waals surface area contributed by atoms with Crippen LogP contribution in [-0.4, -0.2) is 142 Å². The van der Waals surface area contributed by atoms with Gasteiger partial charge in [0.25, 0.3) is 0 Å². The molecule has 0 saturated carbocycles. The molecule has 2 aliphatic heterocycles. The molecule has 0 aromatic heterocycles. The second kappa shape index (κ2) is 38.3. The third kappa shape index (κ3) is 26.3. The van der Waals surface area contributed by atoms with Crippen LogP contribution in [0.1, 0.15) is 168 Å². The Kier molecular flexibility index (Phi) is 34.6. The zero-order chi connectivity index (χ0) is 48.2. The van der Waals surface area contributed by atoms with Crippen LogP contribution in [0.4, 0.5) is 0 Å². The number of ether oxygens (including phenoxy) is 6. The molecule has 2 rings (SSSR count). The highest BCUT2D eigenvalue weighted by Gasteiger charge is 2.47. The molecule has 0 aromatic carbocycles. The molecule has 0 radical (unpaired) electrons. The number of allylic oxidation sites excluding steroid dienone is 8. The van der Waals surface area contributed by atoms with Gasteiger partial charge in [-0.05, 0) is 70.6 Å². The van der Waals surface area contributed by atoms with E-state index in [0.29, 0.717) is 12.8 Å². The van der Waals surface area contributed by atoms with Crippen molar-refractivity contribution in [1.82, 2.24) is 0 Å². The largest absolute Gasteiger partial charge is 0.462 e. The molecule has 0 aromatic rings. The highest BCUT2D eigenvalue weighted by atomic mass is 16.7. The van der Waals surface area contributed by atoms with Crippen LogP contribution in [0.25, 0.3) is 0 Å². The van der Waals surface area contributed by atoms with Crippen LogP contribution in [0, 0.1) is 0 Å². The molecule has 15 nitrogen and oxygen atoms in total. The summed E-state index contributed by atoms with van der Waals surface area (Å²) < 4.78 is 33.5. The maximum atomic E-state index is 13.0. The van der Waals surface area contributed by atoms with Crippen molar-refractivity contribution in [2.24, 2.45) is 0 Å². The summed E-state index contributed by atoms with van der Waals surface area (Å²) in [5, 5.41) is 72.0. The van der Waals surface area contributed by atoms with Gasteiger partial charge in [0.1, 0.15) is 55.4 Å². The Labute approximate surface area is 395 Å². The van der Waals surface area contributed by atoms with Crippen LogP contribution in [-0.2, 0) is 38.0 Å². The van der Waals surface area contributed by atoms with Crippen LogP contribution in [0.5, 0.6) is 0 Å². The van der Waals surface area contributed by atoms with Crippen molar-refractivity contribution in [2.45, 2.75) is 235 Å². The fourth-order valence-electron chi connectivity index (χ4n) is 7.64. The number of aliphatic hydroxyl groups is 7. The molecule has 382 valence electrons. The number of unbranched alkanes of at least 4 members (excludes halogenated alkanes) is 16. The first-order valence-corrected chi connectivity index (χ1v) is 25.2. The Morgan fingerprint density at radius 1 is 0.500 bits per heavy atom. The highest BCUT2D eigenvalue weighted by molar-refractivity contribution is 5.70. The Morgan fingerprint density at radius 2 is 0.955 bits per heavy atom. The maximum Gasteiger partial charge on any atom is 0.306 e. The van der Waals surface area contributed by atoms with Gasteiger partial charge in [-0.2, -0.15) is 0 Å². The predicted octanol–water partition coefficient (Wildman–Crippen LogP) is 6.71. The van der Waals surface area contributed by atoms with Gasteiger partial charge in [0.05, 0.1) is 19.8 Å². The van der Waals surface area contributed by atoms with E-state index in [1.54, 1.807) is 0 Å². The third-order valence-electron chi connectivity index (χ3n) is 11.8. The first-order valence-electron chi connectivity index (χ1n) is 25.2. The lowest BCUT2D eigenvalue weighted by Gasteiger charge is -2.42. The normalized spacial score (nSPS) is 26.6. The summed E-state index contributed by atoms with van der Waals surface area (Å²) in [6.45, 7) is 2.44. The van der Waals surface area contributed by atoms with E-state index in [2.05, 4.69) is 62.5 Å². The van der Waals surface area contributed by atoms with Gasteiger partial charge in [-0.1, -0.05) is 133 Å². The van der Waals surface area contributed by atoms with E-state index in [-0.39, 0.29) is 19.4 Å². The second-order valence-electron chi connectivity index (χ2n) is 17.6. The van der Waals surface area contributed by atoms with E-state index in [4.69, 9.17) is 28.4 Å². The summed E-state index contributed by atoms with van der Waals surface area (Å²) in [6, 6.07) is 0. The Balaban J connectivity index is 1.83. The molecule has 4 unspecified atom stereocenters. The minimum atomic E-state index is -1.77. The molecule has 0 aliphatic carbocycles. The van der Waals surface area contributed by atoms with E-state index in [1.165, 1.54) is 38.5 Å². The highest BCUT2D eigenvalue weighted by Crippen LogP contribution is 2.26. The number of esters is 2. The fourth-order valence-corrected chi connectivity index (χ4v) is 7.64. The molecule has 11 atom stereocenters. The monoisotopic (exact) mass is 941 g/mol. The number of carbonyl (C=O) groups excluding carboxylic acids is 2. The lowest BCUT2D eigenvalue weighted by molar-refractivity contribution is -0.332. The van der Waals surface area contributed by atoms with Crippen molar-refractivity contribution >= 4 is 11.9 Å². The summed E-state index contributed by atoms with van der Waals surface area (Å²) in [5.74, 6) is -0.956. The van der Waals surface area contributed by atoms with Crippen molar-refractivity contribution in [1.29, 1.82) is 0 Å². The molecule has 7 N–H and O–H groups in total. The molecule has 66 heavy (non-hydrogen) atoms. The Hall–Kier alpha value is -2.54. The quantitative estimate of drug-likeness (QED) is 0.0194. The third-order valence-corrected chi connectivity index (χ3v) is 11.8. The van der Waals surface area contributed by atoms with Gasteiger partial charge >= 0.3 is 11.9 Å². The lowest BCUT2D eigenvalue weighted by atomic mass is 9.98. The van der Waals surface area contributed by atoms with Crippen LogP contribution in [0.2, 0.25) is 0 Å². The van der Waals surface area contributed by atoms with E-state index < -0.39 is 99.3 Å². The van der Waals surface area contributed by atoms with Gasteiger partial charge < -0.3 is 64.2 Å². The van der Waals surface area contributed by atoms with Crippen LogP contribution >= 0.6 is 0 Å². The topological polar surface area (TPSA) is 231 Å². The average Bonchev–Trinajstić information content (AvgIpc) is 3.31. The molecular weight excluding hydrogens is 853 g/mol. The molecule has 2 saturated heterocycles. The van der Waals surface area contributed by atoms with Gasteiger partial charge in [-0.15, -0.1) is 0 Å². The van der Waals surface area contributed by atoms with Crippen molar-refractivity contribution < 1.29 is 73.8 Å². The summed E-state index contributed by atoms with van der Waals surface area (Å²) in [6.07, 6.45) is 24.2. The minimum Gasteiger partial charge on any atom is -0.462 e. The SMILES string of the molecule is CC/C=C/C/C=C/C/C=C/CCCCCCCC(=O)OC[C@H](CO[C@@H]1O[C@H](CO[C@@H]2O[C@H](CO)[C@H](O)C(O)C2O)[C@H](O)C(O)C1O)OC(=O)CCCCCCC/C=C/CCCCCCCC. The fraction of sp³-hybridized carbons (Fsp3) is 0.804. The zero-order valence-corrected chi connectivity index (χ0v) is 40.2. The molecule has 0 bridgehead atoms. The van der Waals surface area contributed by atoms with E-state index in [9.17, 15) is 45.3 Å². The predicted molar refractivity (Wildman–Crippen MR) is 252 cm³/mol. The molecule has 15 heteroatoms. The molecule has 2 heterocycles. The Morgan fingerprint density at radius 3 is 1.52 bits per heavy atom. The standard InChI is InChI=1S/C51H88O15/c1-3-5-7-9-11-13-15-17-19-21-23-25-27-29-31-33-42(53)61-36-39(64-43(54)34-32-30-28-26-24-22-20-18-16-14-12-10-8-6-4-2)37-62-50-49(60)47(58)45(56)41(66-50)38-63-51-48(59)46(57)44(55)40(35-52)65-51/h5,7,11,13,17-20,39-41,44-52,55-60H,3-4,6,8-10,12,14-16,21-38H2,1-2H3/b7-5+,13-11+,19-17+,20-18+/t39-,40-,41-,44+,45+,46?,47?,48?,49?,50-,51-/m1/s1. The van der Waals surface area contributed by atoms with Crippen molar-refractivity contribution in [3.63, 3.8) is 0 Å². The first kappa shape index (κ1) is 59.6. The molecule has 0 amide bonds. The van der Waals surface area contributed by atoms with Crippen LogP contribution in [0.3, 0.4) is 0 Å². The van der Waals surface area contributed by atoms with Gasteiger partial charge in [0, 0.05) is 12.8 Å². The molecular formula is C51H88O15. The second-order valence-corrected chi connectivity index (χ2v) is 17.6. The average molecular weight is 941 g/mol. The van der Waals surface area contributed by atoms with Gasteiger partial charge in [0.15, 0.2) is 18.7 Å². The van der Waals surface area contributed by atoms with Gasteiger partial charge in [-0.3, -0.25) is 9.59 Å². The van der Waals surface area contributed by atoms with Crippen molar-refractivity contribution in [3.8, 4) is 0 Å². The van der Waals surface area contributed by atoms with E-state index in [1.807, 2.05) is 0 Å². The molecule has 2 aliphatic rings. The number of carbonyl (C=O) groups is 2. The summed E-state index contributed by atoms with van der Waals surface area (Å²) in [5.41, 5.74) is 0. The van der Waals surface area contributed by atoms with Crippen molar-refractivity contribution in [2.75, 3.05) is 26.4 Å². The Bertz CT molecular complexity index is 1340. The van der Waals surface area contributed by atoms with Crippen LogP contribution < -0.4 is 0 Å². The summed E-state index contributed by atoms with van der Waals surface area (Å²) >= 11 is 0. The number of hydrogen-bond acceptors (Lipinski definition) is 15. The number of rotatable bonds is 38. The minimum absolute atomic E-state index is 0.150. The maximum absolute atomic E-state index is 13.0. The van der Waals surface area contributed by atoms with E-state index in [0.717, 1.165) is 89.9 Å². The van der Waals surface area contributed by atoms with Gasteiger partial charge in [-0.25, -0.2) is 0 Å². The summed E-state index contributed by atoms with van der Waals surface area (Å²) in [4.78, 5) is 25.7. The number of aliphatic hydroxyl groups excluding tert-OH is 7. The van der Waals surface area contributed by atoms with Crippen LogP contribution in [0.15, 0.2) is 48.6 Å². The number of hydrogen-bond donors (Lipinski definition) is 7. The smallest absolute Gasteiger partial charge is 0.306 e.